The Morgan fingerprint density at radius 2 is 1.85 bits per heavy atom. The van der Waals surface area contributed by atoms with Crippen molar-refractivity contribution in [2.75, 3.05) is 13.1 Å². The van der Waals surface area contributed by atoms with Gasteiger partial charge in [-0.3, -0.25) is 0 Å². The van der Waals surface area contributed by atoms with Crippen LogP contribution in [0.25, 0.3) is 0 Å². The van der Waals surface area contributed by atoms with Crippen LogP contribution in [0.3, 0.4) is 0 Å². The maximum atomic E-state index is 12.1. The highest BCUT2D eigenvalue weighted by molar-refractivity contribution is 5.67. The van der Waals surface area contributed by atoms with Crippen molar-refractivity contribution in [2.45, 2.75) is 31.7 Å². The summed E-state index contributed by atoms with van der Waals surface area (Å²) in [4.78, 5) is 17.5. The number of hydrogen-bond donors (Lipinski definition) is 3. The van der Waals surface area contributed by atoms with Crippen LogP contribution in [-0.4, -0.2) is 34.5 Å². The number of rotatable bonds is 4. The molecule has 3 rings (SSSR count). The van der Waals surface area contributed by atoms with E-state index in [0.717, 1.165) is 24.0 Å². The van der Waals surface area contributed by atoms with Gasteiger partial charge in [-0.05, 0) is 42.9 Å². The van der Waals surface area contributed by atoms with Crippen molar-refractivity contribution in [3.63, 3.8) is 0 Å². The second-order valence-corrected chi connectivity index (χ2v) is 6.60. The minimum atomic E-state index is -0.465. The van der Waals surface area contributed by atoms with Gasteiger partial charge in [0.15, 0.2) is 0 Å². The van der Waals surface area contributed by atoms with E-state index < -0.39 is 6.09 Å². The van der Waals surface area contributed by atoms with Gasteiger partial charge >= 0.3 is 6.09 Å². The Bertz CT molecular complexity index is 743. The first kappa shape index (κ1) is 18.1. The lowest BCUT2D eigenvalue weighted by Gasteiger charge is -2.31. The molecule has 0 aromatic heterocycles. The van der Waals surface area contributed by atoms with E-state index >= 15 is 0 Å². The molecular formula is C20H24N2O4. The maximum Gasteiger partial charge on any atom is 0.426 e. The van der Waals surface area contributed by atoms with Crippen LogP contribution in [0.4, 0.5) is 4.79 Å². The van der Waals surface area contributed by atoms with Crippen molar-refractivity contribution in [1.82, 2.24) is 10.4 Å². The Balaban J connectivity index is 1.48. The monoisotopic (exact) mass is 356 g/mol. The van der Waals surface area contributed by atoms with E-state index in [2.05, 4.69) is 5.32 Å². The van der Waals surface area contributed by atoms with Crippen molar-refractivity contribution in [1.29, 1.82) is 0 Å². The zero-order valence-corrected chi connectivity index (χ0v) is 14.8. The molecule has 1 aliphatic heterocycles. The summed E-state index contributed by atoms with van der Waals surface area (Å²) >= 11 is 0. The smallest absolute Gasteiger partial charge is 0.426 e. The lowest BCUT2D eigenvalue weighted by Crippen LogP contribution is -2.39. The molecule has 0 spiro atoms. The van der Waals surface area contributed by atoms with Crippen LogP contribution in [0.1, 0.15) is 42.9 Å². The molecule has 1 aliphatic rings. The average Bonchev–Trinajstić information content (AvgIpc) is 2.63. The molecule has 138 valence electrons. The van der Waals surface area contributed by atoms with Crippen molar-refractivity contribution in [3.05, 3.63) is 59.7 Å². The SMILES string of the molecule is C[C@H](NC(=O)ON1CCC(c2ccc(O)cc2O)CC1)c1ccccc1. The number of nitrogens with zero attached hydrogens (tertiary/aromatic N) is 1. The molecule has 0 aliphatic carbocycles. The Hall–Kier alpha value is -2.73. The number of piperidine rings is 1. The van der Waals surface area contributed by atoms with E-state index in [1.54, 1.807) is 17.2 Å². The Kier molecular flexibility index (Phi) is 5.63. The number of carbonyl (C=O) groups is 1. The first-order valence-electron chi connectivity index (χ1n) is 8.83. The molecule has 1 amide bonds. The van der Waals surface area contributed by atoms with E-state index in [4.69, 9.17) is 4.84 Å². The van der Waals surface area contributed by atoms with Crippen LogP contribution in [0.2, 0.25) is 0 Å². The molecule has 26 heavy (non-hydrogen) atoms. The zero-order valence-electron chi connectivity index (χ0n) is 14.8. The molecule has 2 aromatic carbocycles. The summed E-state index contributed by atoms with van der Waals surface area (Å²) in [6.07, 6.45) is 1.06. The normalized spacial score (nSPS) is 16.8. The predicted octanol–water partition coefficient (Wildman–Crippen LogP) is 3.68. The highest BCUT2D eigenvalue weighted by Crippen LogP contribution is 2.35. The van der Waals surface area contributed by atoms with Gasteiger partial charge in [0.2, 0.25) is 0 Å². The summed E-state index contributed by atoms with van der Waals surface area (Å²) in [6.45, 7) is 3.10. The fourth-order valence-electron chi connectivity index (χ4n) is 3.28. The van der Waals surface area contributed by atoms with Gasteiger partial charge in [0.05, 0.1) is 6.04 Å². The lowest BCUT2D eigenvalue weighted by atomic mass is 9.89. The average molecular weight is 356 g/mol. The zero-order chi connectivity index (χ0) is 18.5. The number of carbonyl (C=O) groups excluding carboxylic acids is 1. The maximum absolute atomic E-state index is 12.1. The van der Waals surface area contributed by atoms with Gasteiger partial charge in [-0.2, -0.15) is 0 Å². The third-order valence-corrected chi connectivity index (χ3v) is 4.75. The fraction of sp³-hybridized carbons (Fsp3) is 0.350. The van der Waals surface area contributed by atoms with Crippen LogP contribution >= 0.6 is 0 Å². The molecule has 1 heterocycles. The Morgan fingerprint density at radius 3 is 2.50 bits per heavy atom. The Morgan fingerprint density at radius 1 is 1.15 bits per heavy atom. The molecule has 1 atom stereocenters. The van der Waals surface area contributed by atoms with Crippen molar-refractivity contribution in [2.24, 2.45) is 0 Å². The second kappa shape index (κ2) is 8.10. The van der Waals surface area contributed by atoms with Gasteiger partial charge in [0.1, 0.15) is 11.5 Å². The van der Waals surface area contributed by atoms with Crippen LogP contribution in [-0.2, 0) is 4.84 Å². The van der Waals surface area contributed by atoms with Crippen molar-refractivity contribution >= 4 is 6.09 Å². The summed E-state index contributed by atoms with van der Waals surface area (Å²) < 4.78 is 0. The molecule has 3 N–H and O–H groups in total. The number of nitrogens with one attached hydrogen (secondary N) is 1. The van der Waals surface area contributed by atoms with Crippen LogP contribution in [0.5, 0.6) is 11.5 Å². The third-order valence-electron chi connectivity index (χ3n) is 4.75. The molecule has 0 unspecified atom stereocenters. The largest absolute Gasteiger partial charge is 0.508 e. The third kappa shape index (κ3) is 4.46. The molecule has 2 aromatic rings. The summed E-state index contributed by atoms with van der Waals surface area (Å²) in [5.74, 6) is 0.344. The topological polar surface area (TPSA) is 82.0 Å². The standard InChI is InChI=1S/C20H24N2O4/c1-14(15-5-3-2-4-6-15)21-20(25)26-22-11-9-16(10-12-22)18-8-7-17(23)13-19(18)24/h2-8,13-14,16,23-24H,9-12H2,1H3,(H,21,25)/t14-/m0/s1. The highest BCUT2D eigenvalue weighted by atomic mass is 16.7. The van der Waals surface area contributed by atoms with Crippen molar-refractivity contribution in [3.8, 4) is 11.5 Å². The number of hydroxylamine groups is 2. The van der Waals surface area contributed by atoms with E-state index in [0.29, 0.717) is 13.1 Å². The van der Waals surface area contributed by atoms with Crippen LogP contribution < -0.4 is 5.32 Å². The quantitative estimate of drug-likeness (QED) is 0.778. The predicted molar refractivity (Wildman–Crippen MR) is 97.8 cm³/mol. The minimum absolute atomic E-state index is 0.0521. The molecule has 1 fully saturated rings. The van der Waals surface area contributed by atoms with Gasteiger partial charge in [-0.25, -0.2) is 4.79 Å². The number of hydrogen-bond acceptors (Lipinski definition) is 5. The summed E-state index contributed by atoms with van der Waals surface area (Å²) in [5.41, 5.74) is 1.84. The second-order valence-electron chi connectivity index (χ2n) is 6.60. The summed E-state index contributed by atoms with van der Waals surface area (Å²) in [6, 6.07) is 14.3. The van der Waals surface area contributed by atoms with Gasteiger partial charge in [0.25, 0.3) is 0 Å². The number of phenols is 2. The molecule has 6 nitrogen and oxygen atoms in total. The van der Waals surface area contributed by atoms with Gasteiger partial charge in [-0.15, -0.1) is 5.06 Å². The molecule has 1 saturated heterocycles. The van der Waals surface area contributed by atoms with Crippen LogP contribution in [0.15, 0.2) is 48.5 Å². The highest BCUT2D eigenvalue weighted by Gasteiger charge is 2.25. The number of amides is 1. The van der Waals surface area contributed by atoms with Gasteiger partial charge in [-0.1, -0.05) is 36.4 Å². The summed E-state index contributed by atoms with van der Waals surface area (Å²) in [5, 5.41) is 23.9. The molecule has 0 saturated carbocycles. The molecule has 0 radical (unpaired) electrons. The van der Waals surface area contributed by atoms with E-state index in [1.807, 2.05) is 37.3 Å². The number of benzene rings is 2. The Labute approximate surface area is 153 Å². The molecular weight excluding hydrogens is 332 g/mol. The van der Waals surface area contributed by atoms with E-state index in [9.17, 15) is 15.0 Å². The van der Waals surface area contributed by atoms with Crippen molar-refractivity contribution < 1.29 is 19.8 Å². The lowest BCUT2D eigenvalue weighted by molar-refractivity contribution is -0.114. The first-order valence-corrected chi connectivity index (χ1v) is 8.83. The number of aromatic hydroxyl groups is 2. The van der Waals surface area contributed by atoms with Gasteiger partial charge in [0, 0.05) is 19.2 Å². The molecule has 0 bridgehead atoms. The van der Waals surface area contributed by atoms with E-state index in [-0.39, 0.29) is 23.5 Å². The first-order chi connectivity index (χ1) is 12.5. The van der Waals surface area contributed by atoms with Gasteiger partial charge < -0.3 is 20.4 Å². The van der Waals surface area contributed by atoms with E-state index in [1.165, 1.54) is 6.07 Å². The number of phenolic OH excluding ortho intramolecular Hbond substituents is 2. The minimum Gasteiger partial charge on any atom is -0.508 e. The molecule has 6 heteroatoms. The van der Waals surface area contributed by atoms with Crippen LogP contribution in [0, 0.1) is 0 Å². The fourth-order valence-corrected chi connectivity index (χ4v) is 3.28. The summed E-state index contributed by atoms with van der Waals surface area (Å²) in [7, 11) is 0.